The van der Waals surface area contributed by atoms with Crippen molar-refractivity contribution in [1.29, 1.82) is 5.26 Å². The molecule has 3 aliphatic rings. The Labute approximate surface area is 276 Å². The van der Waals surface area contributed by atoms with Crippen LogP contribution in [-0.2, 0) is 13.1 Å². The molecule has 1 atom stereocenters. The summed E-state index contributed by atoms with van der Waals surface area (Å²) in [6.07, 6.45) is 8.11. The topological polar surface area (TPSA) is 113 Å². The molecule has 47 heavy (non-hydrogen) atoms. The largest absolute Gasteiger partial charge is 0.494 e. The van der Waals surface area contributed by atoms with Crippen LogP contribution in [0, 0.1) is 23.2 Å². The number of piperidine rings is 1. The summed E-state index contributed by atoms with van der Waals surface area (Å²) in [4.78, 5) is 18.2. The molecular weight excluding hydrogens is 586 g/mol. The fraction of sp³-hybridized carbons (Fsp3) is 0.405. The van der Waals surface area contributed by atoms with Crippen molar-refractivity contribution in [1.82, 2.24) is 23.9 Å². The first kappa shape index (κ1) is 30.8. The van der Waals surface area contributed by atoms with Gasteiger partial charge < -0.3 is 29.4 Å². The van der Waals surface area contributed by atoms with Gasteiger partial charge in [0.15, 0.2) is 5.82 Å². The molecule has 1 aliphatic carbocycles. The first-order valence-electron chi connectivity index (χ1n) is 16.6. The molecule has 10 heteroatoms. The van der Waals surface area contributed by atoms with Gasteiger partial charge >= 0.3 is 0 Å². The number of aromatic nitrogens is 3. The van der Waals surface area contributed by atoms with Crippen molar-refractivity contribution in [2.24, 2.45) is 27.6 Å². The minimum absolute atomic E-state index is 0.125. The molecule has 4 aromatic rings. The maximum atomic E-state index is 8.79. The minimum atomic E-state index is 0.125. The number of hydrogen-bond donors (Lipinski definition) is 1. The molecule has 4 heterocycles. The van der Waals surface area contributed by atoms with E-state index >= 15 is 0 Å². The van der Waals surface area contributed by atoms with Gasteiger partial charge in [-0.2, -0.15) is 5.26 Å². The Morgan fingerprint density at radius 2 is 1.89 bits per heavy atom. The molecule has 10 nitrogen and oxygen atoms in total. The number of likely N-dealkylation sites (tertiary alicyclic amines) is 2. The third kappa shape index (κ3) is 6.15. The fourth-order valence-corrected chi connectivity index (χ4v) is 7.12. The molecule has 3 fully saturated rings. The standard InChI is InChI=1S/C37H43N9O/c1-25(43-16-6-8-30(39)24-43)29-17-31-36(34(19-29)47-3)46(23-27-20-44(21-27)35(40-2)12-14-41-15-13-38)37(42-31)33-18-28-7-4-5-9-32(28)45(33)22-26-10-11-26/h4-5,7,9,12,14,17-19,26-27,30H,1-2,6,8,10-11,15-16,20-24,39H2,3H3/b35-12+,41-14?. The number of nitrogens with two attached hydrogens (primary N) is 1. The maximum Gasteiger partial charge on any atom is 0.157 e. The van der Waals surface area contributed by atoms with Crippen molar-refractivity contribution in [3.63, 3.8) is 0 Å². The number of ether oxygens (including phenoxy) is 1. The summed E-state index contributed by atoms with van der Waals surface area (Å²) < 4.78 is 11.0. The van der Waals surface area contributed by atoms with Crippen LogP contribution in [0.2, 0.25) is 0 Å². The monoisotopic (exact) mass is 629 g/mol. The second kappa shape index (κ2) is 13.1. The van der Waals surface area contributed by atoms with Crippen LogP contribution in [0.4, 0.5) is 0 Å². The van der Waals surface area contributed by atoms with Gasteiger partial charge in [-0.15, -0.1) is 0 Å². The molecule has 242 valence electrons. The van der Waals surface area contributed by atoms with Gasteiger partial charge in [-0.3, -0.25) is 4.99 Å². The predicted molar refractivity (Wildman–Crippen MR) is 189 cm³/mol. The maximum absolute atomic E-state index is 8.79. The van der Waals surface area contributed by atoms with Crippen LogP contribution in [0.5, 0.6) is 5.75 Å². The number of aliphatic imine (C=N–C) groups is 2. The molecule has 1 saturated carbocycles. The van der Waals surface area contributed by atoms with E-state index < -0.39 is 0 Å². The van der Waals surface area contributed by atoms with E-state index in [0.29, 0.717) is 11.8 Å². The average Bonchev–Trinajstić information content (AvgIpc) is 3.72. The Hall–Kier alpha value is -4.88. The molecule has 1 unspecified atom stereocenters. The number of allylic oxidation sites excluding steroid dienone is 1. The third-order valence-electron chi connectivity index (χ3n) is 9.75. The van der Waals surface area contributed by atoms with E-state index in [2.05, 4.69) is 84.7 Å². The number of nitrogens with zero attached hydrogens (tertiary/aromatic N) is 8. The van der Waals surface area contributed by atoms with Crippen molar-refractivity contribution in [2.45, 2.75) is 44.8 Å². The number of rotatable bonds is 12. The van der Waals surface area contributed by atoms with E-state index in [1.54, 1.807) is 13.3 Å². The molecule has 2 aromatic carbocycles. The summed E-state index contributed by atoms with van der Waals surface area (Å²) in [5.41, 5.74) is 12.6. The summed E-state index contributed by atoms with van der Waals surface area (Å²) >= 11 is 0. The van der Waals surface area contributed by atoms with Crippen LogP contribution < -0.4 is 10.5 Å². The number of hydrogen-bond acceptors (Lipinski definition) is 8. The summed E-state index contributed by atoms with van der Waals surface area (Å²) in [5.74, 6) is 3.58. The van der Waals surface area contributed by atoms with Crippen LogP contribution in [0.15, 0.2) is 70.9 Å². The van der Waals surface area contributed by atoms with Gasteiger partial charge in [0.25, 0.3) is 0 Å². The lowest BCUT2D eigenvalue weighted by atomic mass is 9.99. The van der Waals surface area contributed by atoms with Crippen molar-refractivity contribution < 1.29 is 4.74 Å². The van der Waals surface area contributed by atoms with Gasteiger partial charge in [0.2, 0.25) is 0 Å². The van der Waals surface area contributed by atoms with Crippen molar-refractivity contribution in [3.05, 3.63) is 66.5 Å². The van der Waals surface area contributed by atoms with E-state index in [1.807, 2.05) is 12.1 Å². The molecule has 2 saturated heterocycles. The summed E-state index contributed by atoms with van der Waals surface area (Å²) in [6.45, 7) is 13.6. The van der Waals surface area contributed by atoms with Crippen LogP contribution in [0.25, 0.3) is 39.2 Å². The van der Waals surface area contributed by atoms with Crippen LogP contribution in [-0.4, -0.2) is 82.7 Å². The van der Waals surface area contributed by atoms with Gasteiger partial charge in [-0.25, -0.2) is 9.98 Å². The van der Waals surface area contributed by atoms with E-state index in [9.17, 15) is 0 Å². The summed E-state index contributed by atoms with van der Waals surface area (Å²) in [5, 5.41) is 10.0. The first-order chi connectivity index (χ1) is 23.0. The molecule has 2 aromatic heterocycles. The molecule has 7 rings (SSSR count). The zero-order valence-electron chi connectivity index (χ0n) is 27.2. The van der Waals surface area contributed by atoms with Crippen LogP contribution in [0.3, 0.4) is 0 Å². The van der Waals surface area contributed by atoms with Crippen molar-refractivity contribution in [2.75, 3.05) is 39.8 Å². The molecule has 2 N–H and O–H groups in total. The highest BCUT2D eigenvalue weighted by molar-refractivity contribution is 5.92. The molecule has 0 radical (unpaired) electrons. The Morgan fingerprint density at radius 1 is 1.09 bits per heavy atom. The predicted octanol–water partition coefficient (Wildman–Crippen LogP) is 5.54. The Kier molecular flexibility index (Phi) is 8.56. The van der Waals surface area contributed by atoms with Crippen LogP contribution in [0.1, 0.15) is 31.2 Å². The molecule has 0 bridgehead atoms. The number of fused-ring (bicyclic) bond motifs is 2. The van der Waals surface area contributed by atoms with Crippen LogP contribution >= 0.6 is 0 Å². The van der Waals surface area contributed by atoms with Gasteiger partial charge in [-0.05, 0) is 68.7 Å². The molecular formula is C37H43N9O. The minimum Gasteiger partial charge on any atom is -0.494 e. The van der Waals surface area contributed by atoms with E-state index in [1.165, 1.54) is 23.7 Å². The summed E-state index contributed by atoms with van der Waals surface area (Å²) in [7, 11) is 1.74. The SMILES string of the molecule is C=N/C(=C\C=NCC#N)N1CC(Cn2c(-c3cc4ccccc4n3CC3CC3)nc3cc(C(=C)N4CCCC(N)C4)cc(OC)c32)C1. The highest BCUT2D eigenvalue weighted by Crippen LogP contribution is 2.40. The van der Waals surface area contributed by atoms with Crippen molar-refractivity contribution in [3.8, 4) is 23.3 Å². The number of nitriles is 1. The lowest BCUT2D eigenvalue weighted by molar-refractivity contribution is 0.127. The fourth-order valence-electron chi connectivity index (χ4n) is 7.12. The lowest BCUT2D eigenvalue weighted by Crippen LogP contribution is -2.47. The first-order valence-corrected chi connectivity index (χ1v) is 16.6. The van der Waals surface area contributed by atoms with Gasteiger partial charge in [-0.1, -0.05) is 24.8 Å². The Balaban J connectivity index is 1.29. The van der Waals surface area contributed by atoms with E-state index in [-0.39, 0.29) is 12.6 Å². The van der Waals surface area contributed by atoms with E-state index in [4.69, 9.17) is 20.7 Å². The number of imidazole rings is 1. The quantitative estimate of drug-likeness (QED) is 0.163. The molecule has 2 aliphatic heterocycles. The number of benzene rings is 2. The molecule has 0 amide bonds. The average molecular weight is 630 g/mol. The van der Waals surface area contributed by atoms with Crippen molar-refractivity contribution >= 4 is 40.6 Å². The smallest absolute Gasteiger partial charge is 0.157 e. The second-order valence-corrected chi connectivity index (χ2v) is 13.1. The zero-order valence-corrected chi connectivity index (χ0v) is 27.2. The molecule has 0 spiro atoms. The Morgan fingerprint density at radius 3 is 2.64 bits per heavy atom. The normalized spacial score (nSPS) is 19.0. The lowest BCUT2D eigenvalue weighted by Gasteiger charge is -2.41. The van der Waals surface area contributed by atoms with E-state index in [0.717, 1.165) is 97.5 Å². The number of methoxy groups -OCH3 is 1. The van der Waals surface area contributed by atoms with Gasteiger partial charge in [0, 0.05) is 79.6 Å². The number of para-hydroxylation sites is 1. The highest BCUT2D eigenvalue weighted by Gasteiger charge is 2.32. The highest BCUT2D eigenvalue weighted by atomic mass is 16.5. The second-order valence-electron chi connectivity index (χ2n) is 13.1. The zero-order chi connectivity index (χ0) is 32.5. The third-order valence-corrected chi connectivity index (χ3v) is 9.75. The summed E-state index contributed by atoms with van der Waals surface area (Å²) in [6, 6.07) is 17.4. The van der Waals surface area contributed by atoms with Gasteiger partial charge in [0.05, 0.1) is 24.4 Å². The Bertz CT molecular complexity index is 1910. The van der Waals surface area contributed by atoms with Gasteiger partial charge in [0.1, 0.15) is 23.6 Å².